The minimum atomic E-state index is -4.52. The van der Waals surface area contributed by atoms with Crippen molar-refractivity contribution in [3.8, 4) is 5.75 Å². The van der Waals surface area contributed by atoms with Gasteiger partial charge in [-0.25, -0.2) is 9.36 Å². The lowest BCUT2D eigenvalue weighted by Crippen LogP contribution is -2.63. The average Bonchev–Trinajstić information content (AvgIpc) is 3.51. The second-order valence-corrected chi connectivity index (χ2v) is 15.2. The number of carbonyl (C=O) groups excluding carboxylic acids is 3. The summed E-state index contributed by atoms with van der Waals surface area (Å²) >= 11 is 0. The highest BCUT2D eigenvalue weighted by Gasteiger charge is 2.77. The third-order valence-electron chi connectivity index (χ3n) is 10.9. The van der Waals surface area contributed by atoms with Crippen LogP contribution in [0.4, 0.5) is 0 Å². The summed E-state index contributed by atoms with van der Waals surface area (Å²) in [7, 11) is -4.52. The number of rotatable bonds is 9. The number of ether oxygens (including phenoxy) is 3. The van der Waals surface area contributed by atoms with Crippen LogP contribution < -0.4 is 4.52 Å². The summed E-state index contributed by atoms with van der Waals surface area (Å²) in [5, 5.41) is 22.1. The fraction of sp³-hybridized carbons (Fsp3) is 0.606. The first-order valence-electron chi connectivity index (χ1n) is 15.6. The van der Waals surface area contributed by atoms with Gasteiger partial charge in [0, 0.05) is 23.2 Å². The van der Waals surface area contributed by atoms with Gasteiger partial charge in [-0.15, -0.1) is 0 Å². The van der Waals surface area contributed by atoms with Gasteiger partial charge in [-0.05, 0) is 63.2 Å². The van der Waals surface area contributed by atoms with E-state index in [2.05, 4.69) is 13.0 Å². The van der Waals surface area contributed by atoms with E-state index in [0.717, 1.165) is 5.57 Å². The SMILES string of the molecule is CCOC(=O)[C@@H](C)OP(=O)(Oc1ccccc1)C1O[C@@H]2C[C@H]3[C@@H]4CC=C5CC(=O)C=C[C@]5(C)[C@H]4[C@@H](O)C[C@]3(C)[C@]2(C(=O)CO)O1. The molecular weight excluding hydrogens is 603 g/mol. The Morgan fingerprint density at radius 1 is 1.20 bits per heavy atom. The summed E-state index contributed by atoms with van der Waals surface area (Å²) in [4.78, 5) is 38.6. The molecule has 2 unspecified atom stereocenters. The molecule has 11 nitrogen and oxygen atoms in total. The van der Waals surface area contributed by atoms with Gasteiger partial charge >= 0.3 is 13.6 Å². The van der Waals surface area contributed by atoms with Crippen molar-refractivity contribution in [3.05, 3.63) is 54.1 Å². The van der Waals surface area contributed by atoms with E-state index in [4.69, 9.17) is 23.3 Å². The molecule has 2 saturated carbocycles. The zero-order valence-electron chi connectivity index (χ0n) is 25.9. The summed E-state index contributed by atoms with van der Waals surface area (Å²) in [5.74, 6) is -1.70. The molecule has 1 aliphatic heterocycles. The molecule has 0 bridgehead atoms. The third-order valence-corrected chi connectivity index (χ3v) is 12.7. The zero-order valence-corrected chi connectivity index (χ0v) is 26.8. The minimum Gasteiger partial charge on any atom is -0.464 e. The van der Waals surface area contributed by atoms with Crippen molar-refractivity contribution in [2.24, 2.45) is 28.6 Å². The van der Waals surface area contributed by atoms with Crippen molar-refractivity contribution >= 4 is 25.1 Å². The van der Waals surface area contributed by atoms with Gasteiger partial charge in [0.2, 0.25) is 0 Å². The molecule has 1 saturated heterocycles. The van der Waals surface area contributed by atoms with Crippen molar-refractivity contribution < 1.29 is 52.4 Å². The average molecular weight is 645 g/mol. The molecular formula is C33H41O11P. The molecule has 3 fully saturated rings. The Morgan fingerprint density at radius 3 is 2.62 bits per heavy atom. The molecule has 4 aliphatic carbocycles. The van der Waals surface area contributed by atoms with E-state index in [9.17, 15) is 29.2 Å². The maximum Gasteiger partial charge on any atom is 0.436 e. The second-order valence-electron chi connectivity index (χ2n) is 13.3. The largest absolute Gasteiger partial charge is 0.464 e. The molecule has 12 heteroatoms. The van der Waals surface area contributed by atoms with Crippen LogP contribution in [-0.2, 0) is 37.7 Å². The molecule has 0 spiro atoms. The van der Waals surface area contributed by atoms with E-state index < -0.39 is 66.7 Å². The van der Waals surface area contributed by atoms with Crippen LogP contribution in [0.15, 0.2) is 54.1 Å². The number of hydrogen-bond acceptors (Lipinski definition) is 11. The number of aliphatic hydroxyl groups excluding tert-OH is 2. The Bertz CT molecular complexity index is 1470. The van der Waals surface area contributed by atoms with Crippen molar-refractivity contribution in [2.45, 2.75) is 83.3 Å². The number of aliphatic hydroxyl groups is 2. The first kappa shape index (κ1) is 32.3. The van der Waals surface area contributed by atoms with Crippen molar-refractivity contribution in [2.75, 3.05) is 13.2 Å². The van der Waals surface area contributed by atoms with Crippen LogP contribution in [0.1, 0.15) is 53.4 Å². The molecule has 5 aliphatic rings. The highest BCUT2D eigenvalue weighted by atomic mass is 31.2. The summed E-state index contributed by atoms with van der Waals surface area (Å²) < 4.78 is 44.1. The summed E-state index contributed by atoms with van der Waals surface area (Å²) in [6, 6.07) is 6.49. The predicted molar refractivity (Wildman–Crippen MR) is 160 cm³/mol. The first-order valence-corrected chi connectivity index (χ1v) is 17.2. The van der Waals surface area contributed by atoms with Gasteiger partial charge in [-0.2, -0.15) is 0 Å². The van der Waals surface area contributed by atoms with E-state index in [1.165, 1.54) is 6.92 Å². The van der Waals surface area contributed by atoms with Crippen molar-refractivity contribution in [3.63, 3.8) is 0 Å². The Hall–Kier alpha value is -2.66. The number of allylic oxidation sites excluding steroid dienone is 4. The molecule has 244 valence electrons. The summed E-state index contributed by atoms with van der Waals surface area (Å²) in [6.07, 6.45) is 3.83. The van der Waals surface area contributed by atoms with Gasteiger partial charge in [0.15, 0.2) is 23.3 Å². The number of hydrogen-bond donors (Lipinski definition) is 2. The lowest BCUT2D eigenvalue weighted by Gasteiger charge is -2.59. The number of Topliss-reactive ketones (excluding diaryl/α,β-unsaturated/α-hetero) is 1. The number of carbonyl (C=O) groups is 3. The normalized spacial score (nSPS) is 40.2. The van der Waals surface area contributed by atoms with E-state index in [1.54, 1.807) is 43.3 Å². The number of ketones is 2. The van der Waals surface area contributed by atoms with Crippen LogP contribution in [0.25, 0.3) is 0 Å². The van der Waals surface area contributed by atoms with Gasteiger partial charge in [0.1, 0.15) is 12.4 Å². The van der Waals surface area contributed by atoms with Crippen molar-refractivity contribution in [1.82, 2.24) is 0 Å². The van der Waals surface area contributed by atoms with E-state index in [-0.39, 0.29) is 42.3 Å². The molecule has 2 N–H and O–H groups in total. The highest BCUT2D eigenvalue weighted by molar-refractivity contribution is 7.54. The maximum atomic E-state index is 14.6. The van der Waals surface area contributed by atoms with Gasteiger partial charge in [-0.3, -0.25) is 14.1 Å². The quantitative estimate of drug-likeness (QED) is 0.227. The zero-order chi connectivity index (χ0) is 32.4. The Labute approximate surface area is 262 Å². The van der Waals surface area contributed by atoms with Crippen LogP contribution in [0, 0.1) is 28.6 Å². The van der Waals surface area contributed by atoms with Gasteiger partial charge in [-0.1, -0.05) is 49.8 Å². The minimum absolute atomic E-state index is 0.0321. The van der Waals surface area contributed by atoms with Crippen LogP contribution in [0.3, 0.4) is 0 Å². The van der Waals surface area contributed by atoms with E-state index >= 15 is 0 Å². The van der Waals surface area contributed by atoms with Gasteiger partial charge < -0.3 is 28.9 Å². The lowest BCUT2D eigenvalue weighted by molar-refractivity contribution is -0.189. The molecule has 45 heavy (non-hydrogen) atoms. The molecule has 11 atom stereocenters. The van der Waals surface area contributed by atoms with Crippen LogP contribution >= 0.6 is 7.60 Å². The molecule has 1 aromatic carbocycles. The topological polar surface area (TPSA) is 155 Å². The number of esters is 1. The third kappa shape index (κ3) is 4.89. The van der Waals surface area contributed by atoms with Crippen LogP contribution in [0.5, 0.6) is 5.75 Å². The fourth-order valence-electron chi connectivity index (χ4n) is 8.98. The standard InChI is InChI=1S/C33H41O11P/c1-5-40-29(38)19(2)43-45(39,44-22-9-7-6-8-10-22)30-41-27-16-24-23-12-11-20-15-21(35)13-14-31(20,3)28(23)25(36)17-32(24,4)33(27,42-30)26(37)18-34/h6-11,13-14,19,23-25,27-28,30,34,36H,5,12,15-18H2,1-4H3/t19-,23+,24+,25+,27-,28-,30?,31+,32+,33-,45?/m1/s1. The van der Waals surface area contributed by atoms with E-state index in [0.29, 0.717) is 19.3 Å². The Morgan fingerprint density at radius 2 is 1.93 bits per heavy atom. The molecule has 1 heterocycles. The molecule has 0 amide bonds. The number of para-hydroxylation sites is 1. The summed E-state index contributed by atoms with van der Waals surface area (Å²) in [5.41, 5.74) is -2.34. The second kappa shape index (κ2) is 11.5. The highest BCUT2D eigenvalue weighted by Crippen LogP contribution is 2.72. The monoisotopic (exact) mass is 644 g/mol. The molecule has 0 aromatic heterocycles. The van der Waals surface area contributed by atoms with Crippen LogP contribution in [-0.4, -0.2) is 70.9 Å². The smallest absolute Gasteiger partial charge is 0.436 e. The van der Waals surface area contributed by atoms with E-state index in [1.807, 2.05) is 13.0 Å². The number of fused-ring (bicyclic) bond motifs is 7. The van der Waals surface area contributed by atoms with Crippen molar-refractivity contribution in [1.29, 1.82) is 0 Å². The first-order chi connectivity index (χ1) is 21.3. The summed E-state index contributed by atoms with van der Waals surface area (Å²) in [6.45, 7) is 6.13. The number of benzene rings is 1. The maximum absolute atomic E-state index is 14.6. The molecule has 6 rings (SSSR count). The Balaban J connectivity index is 1.37. The lowest BCUT2D eigenvalue weighted by atomic mass is 9.47. The van der Waals surface area contributed by atoms with Crippen LogP contribution in [0.2, 0.25) is 0 Å². The molecule has 0 radical (unpaired) electrons. The van der Waals surface area contributed by atoms with Gasteiger partial charge in [0.25, 0.3) is 6.03 Å². The molecule has 1 aromatic rings. The Kier molecular flexibility index (Phi) is 8.28. The van der Waals surface area contributed by atoms with Gasteiger partial charge in [0.05, 0.1) is 18.8 Å². The predicted octanol–water partition coefficient (Wildman–Crippen LogP) is 4.11. The fourth-order valence-corrected chi connectivity index (χ4v) is 10.7.